The topological polar surface area (TPSA) is 84.6 Å². The van der Waals surface area contributed by atoms with Gasteiger partial charge in [-0.05, 0) is 30.0 Å². The van der Waals surface area contributed by atoms with E-state index in [9.17, 15) is 9.90 Å². The molecule has 0 saturated carbocycles. The first-order valence-electron chi connectivity index (χ1n) is 6.50. The molecule has 4 N–H and O–H groups in total. The molecule has 1 amide bonds. The van der Waals surface area contributed by atoms with Crippen LogP contribution in [0.2, 0.25) is 0 Å². The van der Waals surface area contributed by atoms with Gasteiger partial charge in [0.1, 0.15) is 6.10 Å². The molecule has 5 nitrogen and oxygen atoms in total. The Morgan fingerprint density at radius 2 is 2.21 bits per heavy atom. The Kier molecular flexibility index (Phi) is 4.39. The highest BCUT2D eigenvalue weighted by atomic mass is 16.5. The number of nitrogen functional groups attached to an aromatic ring is 1. The Balaban J connectivity index is 1.84. The largest absolute Gasteiger partial charge is 0.399 e. The van der Waals surface area contributed by atoms with Gasteiger partial charge in [0.2, 0.25) is 5.91 Å². The van der Waals surface area contributed by atoms with E-state index in [-0.39, 0.29) is 18.4 Å². The number of rotatable bonds is 4. The molecule has 1 saturated heterocycles. The van der Waals surface area contributed by atoms with Crippen LogP contribution < -0.4 is 11.1 Å². The fraction of sp³-hybridized carbons (Fsp3) is 0.500. The van der Waals surface area contributed by atoms with Crippen LogP contribution in [-0.2, 0) is 9.53 Å². The molecule has 19 heavy (non-hydrogen) atoms. The number of carbonyl (C=O) groups is 1. The van der Waals surface area contributed by atoms with Crippen LogP contribution in [0.1, 0.15) is 25.0 Å². The van der Waals surface area contributed by atoms with E-state index in [0.29, 0.717) is 12.3 Å². The molecular formula is C14H20N2O3. The molecule has 1 aromatic rings. The minimum atomic E-state index is -0.735. The van der Waals surface area contributed by atoms with Gasteiger partial charge in [-0.2, -0.15) is 0 Å². The molecule has 1 aromatic carbocycles. The first-order chi connectivity index (χ1) is 9.08. The lowest BCUT2D eigenvalue weighted by Crippen LogP contribution is -2.39. The van der Waals surface area contributed by atoms with Crippen molar-refractivity contribution in [3.8, 4) is 0 Å². The maximum Gasteiger partial charge on any atom is 0.249 e. The Bertz CT molecular complexity index is 433. The summed E-state index contributed by atoms with van der Waals surface area (Å²) in [5.74, 6) is 0.0770. The number of ether oxygens (including phenoxy) is 1. The van der Waals surface area contributed by atoms with Gasteiger partial charge in [0, 0.05) is 18.8 Å². The zero-order valence-corrected chi connectivity index (χ0v) is 11.0. The van der Waals surface area contributed by atoms with Gasteiger partial charge in [0.05, 0.1) is 6.10 Å². The van der Waals surface area contributed by atoms with Gasteiger partial charge < -0.3 is 20.9 Å². The Labute approximate surface area is 112 Å². The molecule has 0 bridgehead atoms. The Morgan fingerprint density at radius 3 is 2.79 bits per heavy atom. The minimum absolute atomic E-state index is 0.153. The van der Waals surface area contributed by atoms with Crippen LogP contribution in [-0.4, -0.2) is 30.3 Å². The van der Waals surface area contributed by atoms with Crippen LogP contribution in [0.5, 0.6) is 0 Å². The third kappa shape index (κ3) is 3.45. The molecule has 3 unspecified atom stereocenters. The lowest BCUT2D eigenvalue weighted by atomic mass is 10.0. The van der Waals surface area contributed by atoms with Crippen molar-refractivity contribution in [1.82, 2.24) is 5.32 Å². The van der Waals surface area contributed by atoms with Crippen LogP contribution in [0, 0.1) is 5.92 Å². The Morgan fingerprint density at radius 1 is 1.53 bits per heavy atom. The van der Waals surface area contributed by atoms with Crippen molar-refractivity contribution in [3.05, 3.63) is 29.8 Å². The highest BCUT2D eigenvalue weighted by Gasteiger charge is 2.30. The molecule has 0 aliphatic carbocycles. The van der Waals surface area contributed by atoms with Gasteiger partial charge in [-0.3, -0.25) is 4.79 Å². The molecular weight excluding hydrogens is 244 g/mol. The second-order valence-electron chi connectivity index (χ2n) is 4.98. The number of nitrogens with two attached hydrogens (primary N) is 1. The molecule has 1 fully saturated rings. The summed E-state index contributed by atoms with van der Waals surface area (Å²) in [6, 6.07) is 6.95. The molecule has 104 valence electrons. The lowest BCUT2D eigenvalue weighted by Gasteiger charge is -2.17. The quantitative estimate of drug-likeness (QED) is 0.704. The highest BCUT2D eigenvalue weighted by molar-refractivity contribution is 5.81. The van der Waals surface area contributed by atoms with Crippen molar-refractivity contribution in [1.29, 1.82) is 0 Å². The summed E-state index contributed by atoms with van der Waals surface area (Å²) < 4.78 is 5.37. The van der Waals surface area contributed by atoms with E-state index >= 15 is 0 Å². The number of hydrogen-bond acceptors (Lipinski definition) is 4. The van der Waals surface area contributed by atoms with Gasteiger partial charge in [-0.25, -0.2) is 0 Å². The number of amides is 1. The molecule has 0 spiro atoms. The van der Waals surface area contributed by atoms with E-state index in [1.807, 2.05) is 6.92 Å². The first-order valence-corrected chi connectivity index (χ1v) is 6.50. The third-order valence-electron chi connectivity index (χ3n) is 3.44. The van der Waals surface area contributed by atoms with E-state index in [1.54, 1.807) is 24.3 Å². The monoisotopic (exact) mass is 264 g/mol. The van der Waals surface area contributed by atoms with E-state index in [1.165, 1.54) is 0 Å². The van der Waals surface area contributed by atoms with Gasteiger partial charge in [0.15, 0.2) is 0 Å². The number of anilines is 1. The minimum Gasteiger partial charge on any atom is -0.399 e. The van der Waals surface area contributed by atoms with Crippen molar-refractivity contribution >= 4 is 11.6 Å². The second-order valence-corrected chi connectivity index (χ2v) is 4.98. The van der Waals surface area contributed by atoms with Gasteiger partial charge in [0.25, 0.3) is 0 Å². The Hall–Kier alpha value is -1.59. The number of nitrogens with one attached hydrogen (secondary N) is 1. The molecule has 2 rings (SSSR count). The van der Waals surface area contributed by atoms with Crippen LogP contribution in [0.4, 0.5) is 5.69 Å². The summed E-state index contributed by atoms with van der Waals surface area (Å²) in [6.45, 7) is 2.79. The molecule has 1 heterocycles. The standard InChI is InChI=1S/C14H20N2O3/c1-9-6-7-19-13(9)14(18)16-8-12(17)10-2-4-11(15)5-3-10/h2-5,9,12-13,17H,6-8,15H2,1H3,(H,16,18). The van der Waals surface area contributed by atoms with E-state index in [0.717, 1.165) is 12.0 Å². The van der Waals surface area contributed by atoms with Crippen LogP contribution in [0.15, 0.2) is 24.3 Å². The third-order valence-corrected chi connectivity index (χ3v) is 3.44. The predicted molar refractivity (Wildman–Crippen MR) is 72.3 cm³/mol. The molecule has 0 aromatic heterocycles. The van der Waals surface area contributed by atoms with Crippen molar-refractivity contribution in [2.24, 2.45) is 5.92 Å². The maximum absolute atomic E-state index is 11.9. The van der Waals surface area contributed by atoms with Crippen LogP contribution in [0.25, 0.3) is 0 Å². The molecule has 3 atom stereocenters. The lowest BCUT2D eigenvalue weighted by molar-refractivity contribution is -0.131. The van der Waals surface area contributed by atoms with Crippen molar-refractivity contribution < 1.29 is 14.6 Å². The average molecular weight is 264 g/mol. The fourth-order valence-electron chi connectivity index (χ4n) is 2.16. The molecule has 0 radical (unpaired) electrons. The average Bonchev–Trinajstić information content (AvgIpc) is 2.83. The number of hydrogen-bond donors (Lipinski definition) is 3. The summed E-state index contributed by atoms with van der Waals surface area (Å²) in [5, 5.41) is 12.7. The van der Waals surface area contributed by atoms with E-state index in [4.69, 9.17) is 10.5 Å². The number of aliphatic hydroxyl groups excluding tert-OH is 1. The summed E-state index contributed by atoms with van der Waals surface area (Å²) >= 11 is 0. The molecule has 1 aliphatic heterocycles. The van der Waals surface area contributed by atoms with Crippen molar-refractivity contribution in [2.45, 2.75) is 25.6 Å². The normalized spacial score (nSPS) is 24.1. The van der Waals surface area contributed by atoms with Crippen LogP contribution >= 0.6 is 0 Å². The van der Waals surface area contributed by atoms with Crippen LogP contribution in [0.3, 0.4) is 0 Å². The summed E-state index contributed by atoms with van der Waals surface area (Å²) in [7, 11) is 0. The summed E-state index contributed by atoms with van der Waals surface area (Å²) in [6.07, 6.45) is -0.224. The van der Waals surface area contributed by atoms with Gasteiger partial charge >= 0.3 is 0 Å². The van der Waals surface area contributed by atoms with Crippen molar-refractivity contribution in [2.75, 3.05) is 18.9 Å². The van der Waals surface area contributed by atoms with E-state index in [2.05, 4.69) is 5.32 Å². The highest BCUT2D eigenvalue weighted by Crippen LogP contribution is 2.20. The first kappa shape index (κ1) is 13.8. The zero-order valence-electron chi connectivity index (χ0n) is 11.0. The number of benzene rings is 1. The summed E-state index contributed by atoms with van der Waals surface area (Å²) in [5.41, 5.74) is 6.96. The maximum atomic E-state index is 11.9. The van der Waals surface area contributed by atoms with Crippen molar-refractivity contribution in [3.63, 3.8) is 0 Å². The molecule has 5 heteroatoms. The van der Waals surface area contributed by atoms with Gasteiger partial charge in [-0.15, -0.1) is 0 Å². The zero-order chi connectivity index (χ0) is 13.8. The number of aliphatic hydroxyl groups is 1. The fourth-order valence-corrected chi connectivity index (χ4v) is 2.16. The smallest absolute Gasteiger partial charge is 0.249 e. The van der Waals surface area contributed by atoms with E-state index < -0.39 is 12.2 Å². The SMILES string of the molecule is CC1CCOC1C(=O)NCC(O)c1ccc(N)cc1. The van der Waals surface area contributed by atoms with Gasteiger partial charge in [-0.1, -0.05) is 19.1 Å². The summed E-state index contributed by atoms with van der Waals surface area (Å²) in [4.78, 5) is 11.9. The number of carbonyl (C=O) groups excluding carboxylic acids is 1. The predicted octanol–water partition coefficient (Wildman–Crippen LogP) is 0.843. The molecule has 1 aliphatic rings. The second kappa shape index (κ2) is 6.04.